The summed E-state index contributed by atoms with van der Waals surface area (Å²) in [5, 5.41) is 44.9. The van der Waals surface area contributed by atoms with Gasteiger partial charge in [0.25, 0.3) is 0 Å². The number of fused-ring (bicyclic) bond motifs is 1. The molecule has 1 unspecified atom stereocenters. The van der Waals surface area contributed by atoms with E-state index in [-0.39, 0.29) is 10.1 Å². The number of carboxylic acid groups (broad SMARTS) is 1. The van der Waals surface area contributed by atoms with Crippen LogP contribution in [0.25, 0.3) is 0 Å². The van der Waals surface area contributed by atoms with Crippen molar-refractivity contribution >= 4 is 41.9 Å². The zero-order valence-corrected chi connectivity index (χ0v) is 24.3. The molecule has 1 aliphatic rings. The number of carbonyl (C=O) groups excluding carboxylic acids is 2. The molecular formula is C27H34AsN3O11. The van der Waals surface area contributed by atoms with Crippen LogP contribution >= 0.6 is 0 Å². The summed E-state index contributed by atoms with van der Waals surface area (Å²) in [5.41, 5.74) is 6.24. The van der Waals surface area contributed by atoms with Crippen LogP contribution in [-0.2, 0) is 19.9 Å². The predicted octanol–water partition coefficient (Wildman–Crippen LogP) is -1.87. The summed E-state index contributed by atoms with van der Waals surface area (Å²) in [6.45, 7) is -1.25. The van der Waals surface area contributed by atoms with E-state index in [2.05, 4.69) is 5.32 Å². The number of benzene rings is 2. The van der Waals surface area contributed by atoms with E-state index in [0.29, 0.717) is 29.9 Å². The molecule has 10 N–H and O–H groups in total. The fraction of sp³-hybridized carbons (Fsp3) is 0.296. The molecule has 1 aliphatic heterocycles. The summed E-state index contributed by atoms with van der Waals surface area (Å²) in [6, 6.07) is 17.7. The molecule has 1 atom stereocenters. The maximum absolute atomic E-state index is 12.4. The predicted molar refractivity (Wildman–Crippen MR) is 150 cm³/mol. The first-order chi connectivity index (χ1) is 19.8. The van der Waals surface area contributed by atoms with E-state index < -0.39 is 63.9 Å². The van der Waals surface area contributed by atoms with Crippen molar-refractivity contribution in [1.29, 1.82) is 0 Å². The number of aromatic nitrogens is 1. The van der Waals surface area contributed by atoms with E-state index in [4.69, 9.17) is 39.5 Å². The number of nitrogens with one attached hydrogen (secondary N) is 1. The number of hydrogen-bond acceptors (Lipinski definition) is 9. The second-order valence-corrected chi connectivity index (χ2v) is 12.7. The van der Waals surface area contributed by atoms with Crippen LogP contribution in [0.5, 0.6) is 0 Å². The van der Waals surface area contributed by atoms with Crippen molar-refractivity contribution in [3.63, 3.8) is 0 Å². The van der Waals surface area contributed by atoms with E-state index in [9.17, 15) is 18.1 Å². The van der Waals surface area contributed by atoms with Crippen molar-refractivity contribution in [2.24, 2.45) is 5.73 Å². The molecule has 0 radical (unpaired) electrons. The Kier molecular flexibility index (Phi) is 12.8. The first-order valence-corrected chi connectivity index (χ1v) is 15.9. The molecule has 0 spiro atoms. The van der Waals surface area contributed by atoms with Gasteiger partial charge in [0, 0.05) is 17.8 Å². The number of aliphatic hydroxyl groups is 4. The molecule has 2 aromatic carbocycles. The van der Waals surface area contributed by atoms with Crippen LogP contribution in [0.1, 0.15) is 34.1 Å². The summed E-state index contributed by atoms with van der Waals surface area (Å²) in [4.78, 5) is 34.2. The first kappa shape index (κ1) is 34.6. The number of nitrogens with two attached hydrogens (primary N) is 1. The molecule has 1 aromatic heterocycles. The third-order valence-electron chi connectivity index (χ3n) is 6.16. The van der Waals surface area contributed by atoms with Gasteiger partial charge < -0.3 is 30.7 Å². The van der Waals surface area contributed by atoms with Gasteiger partial charge in [-0.2, -0.15) is 0 Å². The normalized spacial score (nSPS) is 14.0. The van der Waals surface area contributed by atoms with Crippen molar-refractivity contribution in [3.8, 4) is 0 Å². The molecule has 0 fully saturated rings. The molecule has 2 heterocycles. The zero-order chi connectivity index (χ0) is 31.5. The smallest absolute Gasteiger partial charge is 0.312 e. The van der Waals surface area contributed by atoms with E-state index in [1.165, 1.54) is 24.3 Å². The standard InChI is InChI=1S/C15H13NO3.C8H10AsNO5.C4H11NO3/c17-14(10-4-2-1-3-5-10)13-7-6-12-11(15(18)19)8-9-16(12)13;11-5-8(12)10-7-3-1-6(2-4-7)9(13,14)15;5-4(1-6,2-7)3-8/h1-7,11H,8-9H2,(H,18,19);1-4,11H,5H2,(H,10,12)(H2,13,14,15);6-8H,1-3,5H2. The van der Waals surface area contributed by atoms with Crippen LogP contribution in [0.4, 0.5) is 5.69 Å². The van der Waals surface area contributed by atoms with Gasteiger partial charge in [-0.25, -0.2) is 0 Å². The molecule has 228 valence electrons. The van der Waals surface area contributed by atoms with Crippen LogP contribution in [0.15, 0.2) is 66.7 Å². The van der Waals surface area contributed by atoms with Gasteiger partial charge in [-0.1, -0.05) is 30.3 Å². The van der Waals surface area contributed by atoms with Crippen molar-refractivity contribution in [2.45, 2.75) is 24.4 Å². The second-order valence-electron chi connectivity index (χ2n) is 9.30. The number of carbonyl (C=O) groups is 3. The van der Waals surface area contributed by atoms with E-state index in [1.54, 1.807) is 24.3 Å². The Bertz CT molecular complexity index is 1380. The van der Waals surface area contributed by atoms with Crippen molar-refractivity contribution in [1.82, 2.24) is 4.57 Å². The largest absolute Gasteiger partial charge is 0.481 e. The molecule has 0 aliphatic carbocycles. The molecule has 14 nitrogen and oxygen atoms in total. The Morgan fingerprint density at radius 2 is 1.48 bits per heavy atom. The van der Waals surface area contributed by atoms with Crippen LogP contribution < -0.4 is 15.4 Å². The molecule has 3 aromatic rings. The summed E-state index contributed by atoms with van der Waals surface area (Å²) >= 11 is -4.84. The molecule has 15 heteroatoms. The second kappa shape index (κ2) is 15.6. The van der Waals surface area contributed by atoms with Crippen molar-refractivity contribution < 1.29 is 51.8 Å². The minimum Gasteiger partial charge on any atom is -0.481 e. The van der Waals surface area contributed by atoms with Gasteiger partial charge in [0.2, 0.25) is 5.78 Å². The Morgan fingerprint density at radius 1 is 0.905 bits per heavy atom. The number of ketones is 1. The quantitative estimate of drug-likeness (QED) is 0.0912. The number of amides is 1. The minimum absolute atomic E-state index is 0.0575. The first-order valence-electron chi connectivity index (χ1n) is 12.5. The maximum Gasteiger partial charge on any atom is 0.312 e. The fourth-order valence-electron chi connectivity index (χ4n) is 3.72. The summed E-state index contributed by atoms with van der Waals surface area (Å²) in [6.07, 6.45) is 0.556. The van der Waals surface area contributed by atoms with Gasteiger partial charge in [-0.15, -0.1) is 0 Å². The number of rotatable bonds is 9. The molecule has 0 saturated carbocycles. The van der Waals surface area contributed by atoms with E-state index in [0.717, 1.165) is 5.69 Å². The number of carboxylic acids is 1. The van der Waals surface area contributed by atoms with Gasteiger partial charge in [-0.3, -0.25) is 9.59 Å². The number of hydrogen-bond donors (Lipinski definition) is 9. The number of aliphatic carboxylic acids is 1. The van der Waals surface area contributed by atoms with Crippen LogP contribution in [0, 0.1) is 0 Å². The minimum atomic E-state index is -4.84. The Hall–Kier alpha value is -3.59. The molecular weight excluding hydrogens is 617 g/mol. The van der Waals surface area contributed by atoms with Gasteiger partial charge >= 0.3 is 94.1 Å². The van der Waals surface area contributed by atoms with Crippen LogP contribution in [0.2, 0.25) is 0 Å². The van der Waals surface area contributed by atoms with Crippen molar-refractivity contribution in [2.75, 3.05) is 31.7 Å². The summed E-state index contributed by atoms with van der Waals surface area (Å²) in [7, 11) is 0. The third kappa shape index (κ3) is 9.48. The van der Waals surface area contributed by atoms with E-state index in [1.807, 2.05) is 22.8 Å². The van der Waals surface area contributed by atoms with Gasteiger partial charge in [0.1, 0.15) is 0 Å². The Morgan fingerprint density at radius 3 is 1.93 bits per heavy atom. The SMILES string of the molecule is NC(CO)(CO)CO.O=C(CO)Nc1ccc([As](=O)(O)O)cc1.O=C(c1ccccc1)c1ccc2n1CCC2C(=O)O. The number of anilines is 1. The Labute approximate surface area is 243 Å². The van der Waals surface area contributed by atoms with Crippen molar-refractivity contribution in [3.05, 3.63) is 83.7 Å². The molecule has 0 saturated heterocycles. The Balaban J connectivity index is 0.000000240. The van der Waals surface area contributed by atoms with E-state index >= 15 is 0 Å². The molecule has 1 amide bonds. The van der Waals surface area contributed by atoms with Crippen LogP contribution in [-0.4, -0.2) is 102 Å². The van der Waals surface area contributed by atoms with Gasteiger partial charge in [-0.05, 0) is 18.6 Å². The van der Waals surface area contributed by atoms with Gasteiger partial charge in [0.15, 0.2) is 0 Å². The monoisotopic (exact) mass is 651 g/mol. The fourth-order valence-corrected chi connectivity index (χ4v) is 4.85. The summed E-state index contributed by atoms with van der Waals surface area (Å²) < 4.78 is 30.3. The molecule has 42 heavy (non-hydrogen) atoms. The molecule has 4 rings (SSSR count). The zero-order valence-electron chi connectivity index (χ0n) is 22.4. The topological polar surface area (TPSA) is 253 Å². The van der Waals surface area contributed by atoms with Crippen LogP contribution in [0.3, 0.4) is 0 Å². The summed E-state index contributed by atoms with van der Waals surface area (Å²) in [5.74, 6) is -1.95. The maximum atomic E-state index is 12.4. The number of nitrogens with zero attached hydrogens (tertiary/aromatic N) is 1. The number of aliphatic hydroxyl groups excluding tert-OH is 4. The van der Waals surface area contributed by atoms with Gasteiger partial charge in [0.05, 0.1) is 37.0 Å². The average Bonchev–Trinajstić information content (AvgIpc) is 3.60. The third-order valence-corrected chi connectivity index (χ3v) is 8.19. The molecule has 0 bridgehead atoms. The average molecular weight is 652 g/mol.